The van der Waals surface area contributed by atoms with Crippen LogP contribution in [0.2, 0.25) is 5.02 Å². The van der Waals surface area contributed by atoms with Crippen molar-refractivity contribution in [3.8, 4) is 0 Å². The molecule has 0 saturated carbocycles. The SMILES string of the molecule is Nc1ccccc1NC(=O)c1ccc(CNC(=O)C(=Cc2ccc(F)cc2Cl)c2ccccc2)cc1. The summed E-state index contributed by atoms with van der Waals surface area (Å²) in [6.45, 7) is 0.244. The topological polar surface area (TPSA) is 84.2 Å². The van der Waals surface area contributed by atoms with Crippen molar-refractivity contribution < 1.29 is 14.0 Å². The van der Waals surface area contributed by atoms with Gasteiger partial charge in [-0.15, -0.1) is 0 Å². The number of hydrogen-bond acceptors (Lipinski definition) is 3. The van der Waals surface area contributed by atoms with Gasteiger partial charge in [-0.05, 0) is 59.2 Å². The second-order valence-corrected chi connectivity index (χ2v) is 8.42. The molecule has 4 aromatic rings. The molecule has 36 heavy (non-hydrogen) atoms. The summed E-state index contributed by atoms with van der Waals surface area (Å²) in [5.74, 6) is -1.05. The number of carbonyl (C=O) groups is 2. The minimum Gasteiger partial charge on any atom is -0.397 e. The molecule has 0 spiro atoms. The third kappa shape index (κ3) is 6.17. The van der Waals surface area contributed by atoms with Crippen LogP contribution in [0.3, 0.4) is 0 Å². The first-order chi connectivity index (χ1) is 17.4. The molecule has 0 atom stereocenters. The van der Waals surface area contributed by atoms with E-state index in [1.807, 2.05) is 30.3 Å². The molecule has 4 rings (SSSR count). The van der Waals surface area contributed by atoms with E-state index in [0.717, 1.165) is 5.56 Å². The number of carbonyl (C=O) groups excluding carboxylic acids is 2. The van der Waals surface area contributed by atoms with E-state index >= 15 is 0 Å². The number of anilines is 2. The zero-order chi connectivity index (χ0) is 25.5. The number of amides is 2. The van der Waals surface area contributed by atoms with Crippen LogP contribution >= 0.6 is 11.6 Å². The molecule has 0 aromatic heterocycles. The Hall–Kier alpha value is -4.42. The summed E-state index contributed by atoms with van der Waals surface area (Å²) < 4.78 is 13.5. The lowest BCUT2D eigenvalue weighted by atomic mass is 10.0. The van der Waals surface area contributed by atoms with Crippen LogP contribution in [0.5, 0.6) is 0 Å². The fraction of sp³-hybridized carbons (Fsp3) is 0.0345. The molecule has 4 N–H and O–H groups in total. The highest BCUT2D eigenvalue weighted by molar-refractivity contribution is 6.33. The molecular formula is C29H23ClFN3O2. The zero-order valence-electron chi connectivity index (χ0n) is 19.2. The van der Waals surface area contributed by atoms with E-state index in [1.54, 1.807) is 54.6 Å². The lowest BCUT2D eigenvalue weighted by molar-refractivity contribution is -0.115. The lowest BCUT2D eigenvalue weighted by Crippen LogP contribution is -2.24. The highest BCUT2D eigenvalue weighted by Gasteiger charge is 2.14. The van der Waals surface area contributed by atoms with Crippen LogP contribution < -0.4 is 16.4 Å². The van der Waals surface area contributed by atoms with Crippen LogP contribution in [0.1, 0.15) is 27.0 Å². The largest absolute Gasteiger partial charge is 0.397 e. The average molecular weight is 500 g/mol. The van der Waals surface area contributed by atoms with Crippen LogP contribution in [0, 0.1) is 5.82 Å². The van der Waals surface area contributed by atoms with E-state index in [-0.39, 0.29) is 23.4 Å². The predicted molar refractivity (Wildman–Crippen MR) is 143 cm³/mol. The van der Waals surface area contributed by atoms with Crippen molar-refractivity contribution in [2.24, 2.45) is 0 Å². The highest BCUT2D eigenvalue weighted by atomic mass is 35.5. The van der Waals surface area contributed by atoms with Gasteiger partial charge in [-0.2, -0.15) is 0 Å². The van der Waals surface area contributed by atoms with E-state index in [0.29, 0.717) is 33.6 Å². The molecule has 0 bridgehead atoms. The third-order valence-corrected chi connectivity index (χ3v) is 5.80. The van der Waals surface area contributed by atoms with Gasteiger partial charge in [-0.25, -0.2) is 4.39 Å². The number of para-hydroxylation sites is 2. The van der Waals surface area contributed by atoms with Gasteiger partial charge < -0.3 is 16.4 Å². The Morgan fingerprint density at radius 1 is 0.861 bits per heavy atom. The number of nitrogen functional groups attached to an aromatic ring is 1. The number of rotatable bonds is 7. The van der Waals surface area contributed by atoms with E-state index < -0.39 is 5.82 Å². The summed E-state index contributed by atoms with van der Waals surface area (Å²) in [5, 5.41) is 5.90. The molecule has 0 unspecified atom stereocenters. The van der Waals surface area contributed by atoms with E-state index in [1.165, 1.54) is 18.2 Å². The summed E-state index contributed by atoms with van der Waals surface area (Å²) >= 11 is 6.18. The van der Waals surface area contributed by atoms with Gasteiger partial charge in [0, 0.05) is 17.7 Å². The van der Waals surface area contributed by atoms with Gasteiger partial charge in [0.1, 0.15) is 5.82 Å². The third-order valence-electron chi connectivity index (χ3n) is 5.47. The Kier molecular flexibility index (Phi) is 7.78. The molecule has 0 heterocycles. The van der Waals surface area contributed by atoms with Gasteiger partial charge >= 0.3 is 0 Å². The molecule has 2 amide bonds. The molecule has 0 fully saturated rings. The van der Waals surface area contributed by atoms with Crippen molar-refractivity contribution in [2.45, 2.75) is 6.54 Å². The Morgan fingerprint density at radius 3 is 2.25 bits per heavy atom. The maximum absolute atomic E-state index is 13.5. The molecule has 4 aromatic carbocycles. The second kappa shape index (κ2) is 11.3. The van der Waals surface area contributed by atoms with Crippen LogP contribution in [0.25, 0.3) is 11.6 Å². The summed E-state index contributed by atoms with van der Waals surface area (Å²) in [6.07, 6.45) is 1.63. The molecule has 0 aliphatic heterocycles. The van der Waals surface area contributed by atoms with Crippen LogP contribution in [0.15, 0.2) is 97.1 Å². The van der Waals surface area contributed by atoms with Crippen LogP contribution in [-0.2, 0) is 11.3 Å². The average Bonchev–Trinajstić information content (AvgIpc) is 2.89. The normalized spacial score (nSPS) is 11.1. The maximum Gasteiger partial charge on any atom is 0.255 e. The minimum atomic E-state index is -0.452. The Morgan fingerprint density at radius 2 is 1.56 bits per heavy atom. The Bertz CT molecular complexity index is 1420. The number of halogens is 2. The van der Waals surface area contributed by atoms with Gasteiger partial charge in [-0.1, -0.05) is 72.3 Å². The quantitative estimate of drug-likeness (QED) is 0.161. The first kappa shape index (κ1) is 24.7. The zero-order valence-corrected chi connectivity index (χ0v) is 19.9. The van der Waals surface area contributed by atoms with E-state index in [9.17, 15) is 14.0 Å². The molecule has 0 radical (unpaired) electrons. The molecule has 7 heteroatoms. The van der Waals surface area contributed by atoms with Crippen molar-refractivity contribution in [3.63, 3.8) is 0 Å². The molecule has 180 valence electrons. The first-order valence-corrected chi connectivity index (χ1v) is 11.5. The monoisotopic (exact) mass is 499 g/mol. The fourth-order valence-corrected chi connectivity index (χ4v) is 3.75. The van der Waals surface area contributed by atoms with E-state index in [4.69, 9.17) is 17.3 Å². The number of benzene rings is 4. The standard InChI is InChI=1S/C29H23ClFN3O2/c30-25-17-23(31)15-14-22(25)16-24(20-6-2-1-3-7-20)29(36)33-18-19-10-12-21(13-11-19)28(35)34-27-9-5-4-8-26(27)32/h1-17H,18,32H2,(H,33,36)(H,34,35). The van der Waals surface area contributed by atoms with Crippen LogP contribution in [0.4, 0.5) is 15.8 Å². The van der Waals surface area contributed by atoms with Crippen molar-refractivity contribution >= 4 is 46.4 Å². The molecule has 0 aliphatic rings. The predicted octanol–water partition coefficient (Wildman–Crippen LogP) is 6.17. The Labute approximate surface area is 213 Å². The second-order valence-electron chi connectivity index (χ2n) is 8.01. The van der Waals surface area contributed by atoms with E-state index in [2.05, 4.69) is 10.6 Å². The Balaban J connectivity index is 1.47. The molecule has 0 saturated heterocycles. The van der Waals surface area contributed by atoms with Gasteiger partial charge in [0.15, 0.2) is 0 Å². The van der Waals surface area contributed by atoms with Gasteiger partial charge in [-0.3, -0.25) is 9.59 Å². The number of nitrogens with two attached hydrogens (primary N) is 1. The summed E-state index contributed by atoms with van der Waals surface area (Å²) in [6, 6.07) is 27.1. The maximum atomic E-state index is 13.5. The molecule has 5 nitrogen and oxygen atoms in total. The van der Waals surface area contributed by atoms with Gasteiger partial charge in [0.05, 0.1) is 16.4 Å². The van der Waals surface area contributed by atoms with Crippen molar-refractivity contribution in [2.75, 3.05) is 11.1 Å². The van der Waals surface area contributed by atoms with Crippen molar-refractivity contribution in [1.82, 2.24) is 5.32 Å². The lowest BCUT2D eigenvalue weighted by Gasteiger charge is -2.11. The van der Waals surface area contributed by atoms with Gasteiger partial charge in [0.2, 0.25) is 0 Å². The van der Waals surface area contributed by atoms with Crippen LogP contribution in [-0.4, -0.2) is 11.8 Å². The summed E-state index contributed by atoms with van der Waals surface area (Å²) in [5.41, 5.74) is 9.80. The smallest absolute Gasteiger partial charge is 0.255 e. The number of hydrogen-bond donors (Lipinski definition) is 3. The van der Waals surface area contributed by atoms with Crippen molar-refractivity contribution in [3.05, 3.63) is 130 Å². The number of nitrogens with one attached hydrogen (secondary N) is 2. The molecule has 0 aliphatic carbocycles. The summed E-state index contributed by atoms with van der Waals surface area (Å²) in [4.78, 5) is 25.7. The highest BCUT2D eigenvalue weighted by Crippen LogP contribution is 2.24. The summed E-state index contributed by atoms with van der Waals surface area (Å²) in [7, 11) is 0. The fourth-order valence-electron chi connectivity index (χ4n) is 3.53. The van der Waals surface area contributed by atoms with Gasteiger partial charge in [0.25, 0.3) is 11.8 Å². The molecular weight excluding hydrogens is 477 g/mol. The van der Waals surface area contributed by atoms with Crippen molar-refractivity contribution in [1.29, 1.82) is 0 Å². The minimum absolute atomic E-state index is 0.211. The first-order valence-electron chi connectivity index (χ1n) is 11.2.